The monoisotopic (exact) mass is 430 g/mol. The Morgan fingerprint density at radius 3 is 2.35 bits per heavy atom. The van der Waals surface area contributed by atoms with Gasteiger partial charge in [0.2, 0.25) is 0 Å². The van der Waals surface area contributed by atoms with Gasteiger partial charge in [0.15, 0.2) is 0 Å². The Kier molecular flexibility index (Phi) is 6.77. The summed E-state index contributed by atoms with van der Waals surface area (Å²) < 4.78 is 5.82. The summed E-state index contributed by atoms with van der Waals surface area (Å²) in [6.45, 7) is 10.3. The Bertz CT molecular complexity index is 793. The van der Waals surface area contributed by atoms with Gasteiger partial charge in [0.1, 0.15) is 5.69 Å². The van der Waals surface area contributed by atoms with Crippen molar-refractivity contribution in [1.29, 1.82) is 0 Å². The first kappa shape index (κ1) is 22.0. The van der Waals surface area contributed by atoms with Crippen molar-refractivity contribution >= 4 is 17.3 Å². The van der Waals surface area contributed by atoms with Gasteiger partial charge in [-0.15, -0.1) is 0 Å². The molecule has 3 aliphatic rings. The molecule has 0 spiro atoms. The van der Waals surface area contributed by atoms with Crippen LogP contribution < -0.4 is 4.90 Å². The van der Waals surface area contributed by atoms with Crippen LogP contribution in [0.15, 0.2) is 18.2 Å². The van der Waals surface area contributed by atoms with Gasteiger partial charge < -0.3 is 14.5 Å². The minimum Gasteiger partial charge on any atom is -0.373 e. The van der Waals surface area contributed by atoms with E-state index in [1.54, 1.807) is 12.1 Å². The number of hydrogen-bond acceptors (Lipinski definition) is 6. The molecule has 170 valence electrons. The molecule has 1 aromatic carbocycles. The van der Waals surface area contributed by atoms with Gasteiger partial charge >= 0.3 is 0 Å². The first-order valence-corrected chi connectivity index (χ1v) is 11.6. The van der Waals surface area contributed by atoms with E-state index in [1.165, 1.54) is 6.07 Å². The molecule has 0 N–H and O–H groups in total. The highest BCUT2D eigenvalue weighted by Crippen LogP contribution is 2.32. The number of morpholine rings is 1. The molecule has 2 atom stereocenters. The molecule has 31 heavy (non-hydrogen) atoms. The van der Waals surface area contributed by atoms with Gasteiger partial charge in [-0.05, 0) is 57.6 Å². The molecule has 2 unspecified atom stereocenters. The Labute approximate surface area is 184 Å². The molecular formula is C23H34N4O4. The maximum Gasteiger partial charge on any atom is 0.293 e. The van der Waals surface area contributed by atoms with Crippen LogP contribution in [0.2, 0.25) is 0 Å². The zero-order valence-electron chi connectivity index (χ0n) is 18.7. The highest BCUT2D eigenvalue weighted by molar-refractivity contribution is 5.96. The summed E-state index contributed by atoms with van der Waals surface area (Å²) in [4.78, 5) is 30.7. The second kappa shape index (κ2) is 9.53. The predicted octanol–water partition coefficient (Wildman–Crippen LogP) is 3.16. The van der Waals surface area contributed by atoms with Crippen LogP contribution in [0.5, 0.6) is 0 Å². The summed E-state index contributed by atoms with van der Waals surface area (Å²) in [6.07, 6.45) is 4.58. The average Bonchev–Trinajstić information content (AvgIpc) is 3.27. The van der Waals surface area contributed by atoms with Crippen molar-refractivity contribution in [1.82, 2.24) is 9.80 Å². The standard InChI is InChI=1S/C23H34N4O4/c1-17-14-24(15-18(2)31-17)16-19-7-11-26(12-8-19)23(28)20-5-6-21(22(13-20)27(29)30)25-9-3-4-10-25/h5-6,13,17-19H,3-4,7-12,14-16H2,1-2H3. The average molecular weight is 431 g/mol. The van der Waals surface area contributed by atoms with Crippen molar-refractivity contribution in [3.05, 3.63) is 33.9 Å². The molecule has 3 heterocycles. The first-order chi connectivity index (χ1) is 14.9. The number of carbonyl (C=O) groups excluding carboxylic acids is 1. The van der Waals surface area contributed by atoms with Crippen LogP contribution in [0.25, 0.3) is 0 Å². The van der Waals surface area contributed by atoms with Gasteiger partial charge in [0.25, 0.3) is 11.6 Å². The summed E-state index contributed by atoms with van der Waals surface area (Å²) in [5.41, 5.74) is 1.09. The number of rotatable bonds is 5. The van der Waals surface area contributed by atoms with E-state index in [0.29, 0.717) is 30.3 Å². The lowest BCUT2D eigenvalue weighted by atomic mass is 9.95. The largest absolute Gasteiger partial charge is 0.373 e. The Hall–Kier alpha value is -2.19. The van der Waals surface area contributed by atoms with Crippen molar-refractivity contribution < 1.29 is 14.5 Å². The van der Waals surface area contributed by atoms with E-state index in [4.69, 9.17) is 4.74 Å². The fourth-order valence-corrected chi connectivity index (χ4v) is 5.33. The zero-order valence-corrected chi connectivity index (χ0v) is 18.7. The van der Waals surface area contributed by atoms with Crippen molar-refractivity contribution in [2.24, 2.45) is 5.92 Å². The lowest BCUT2D eigenvalue weighted by Gasteiger charge is -2.39. The molecular weight excluding hydrogens is 396 g/mol. The second-order valence-electron chi connectivity index (χ2n) is 9.37. The zero-order chi connectivity index (χ0) is 22.0. The maximum atomic E-state index is 13.1. The minimum atomic E-state index is -0.360. The molecule has 4 rings (SSSR count). The summed E-state index contributed by atoms with van der Waals surface area (Å²) >= 11 is 0. The van der Waals surface area contributed by atoms with Gasteiger partial charge in [-0.3, -0.25) is 19.8 Å². The van der Waals surface area contributed by atoms with E-state index >= 15 is 0 Å². The lowest BCUT2D eigenvalue weighted by Crippen LogP contribution is -2.48. The summed E-state index contributed by atoms with van der Waals surface area (Å²) in [5.74, 6) is 0.483. The Morgan fingerprint density at radius 1 is 1.10 bits per heavy atom. The van der Waals surface area contributed by atoms with E-state index in [1.807, 2.05) is 9.80 Å². The number of nitro benzene ring substituents is 1. The molecule has 3 aliphatic heterocycles. The number of amides is 1. The summed E-state index contributed by atoms with van der Waals surface area (Å²) in [7, 11) is 0. The van der Waals surface area contributed by atoms with Gasteiger partial charge in [0.05, 0.1) is 17.1 Å². The smallest absolute Gasteiger partial charge is 0.293 e. The fraction of sp³-hybridized carbons (Fsp3) is 0.696. The van der Waals surface area contributed by atoms with E-state index < -0.39 is 0 Å². The third-order valence-electron chi connectivity index (χ3n) is 6.78. The van der Waals surface area contributed by atoms with Crippen molar-refractivity contribution in [3.8, 4) is 0 Å². The molecule has 8 heteroatoms. The topological polar surface area (TPSA) is 79.2 Å². The van der Waals surface area contributed by atoms with Crippen LogP contribution in [0.1, 0.15) is 49.9 Å². The molecule has 0 aromatic heterocycles. The van der Waals surface area contributed by atoms with E-state index in [9.17, 15) is 14.9 Å². The summed E-state index contributed by atoms with van der Waals surface area (Å²) in [6, 6.07) is 4.98. The van der Waals surface area contributed by atoms with Gasteiger partial charge in [-0.2, -0.15) is 0 Å². The fourth-order valence-electron chi connectivity index (χ4n) is 5.33. The third-order valence-corrected chi connectivity index (χ3v) is 6.78. The second-order valence-corrected chi connectivity index (χ2v) is 9.37. The number of carbonyl (C=O) groups is 1. The van der Waals surface area contributed by atoms with Crippen LogP contribution in [0.3, 0.4) is 0 Å². The van der Waals surface area contributed by atoms with E-state index in [-0.39, 0.29) is 28.7 Å². The predicted molar refractivity (Wildman–Crippen MR) is 120 cm³/mol. The molecule has 1 aromatic rings. The molecule has 1 amide bonds. The van der Waals surface area contributed by atoms with E-state index in [2.05, 4.69) is 18.7 Å². The molecule has 3 fully saturated rings. The lowest BCUT2D eigenvalue weighted by molar-refractivity contribution is -0.384. The van der Waals surface area contributed by atoms with Crippen LogP contribution >= 0.6 is 0 Å². The number of nitrogens with zero attached hydrogens (tertiary/aromatic N) is 4. The molecule has 0 saturated carbocycles. The third kappa shape index (κ3) is 5.18. The number of nitro groups is 1. The Balaban J connectivity index is 1.36. The first-order valence-electron chi connectivity index (χ1n) is 11.6. The van der Waals surface area contributed by atoms with Crippen LogP contribution in [0, 0.1) is 16.0 Å². The molecule has 8 nitrogen and oxygen atoms in total. The number of anilines is 1. The quantitative estimate of drug-likeness (QED) is 0.527. The molecule has 0 radical (unpaired) electrons. The van der Waals surface area contributed by atoms with Crippen LogP contribution in [-0.4, -0.2) is 78.7 Å². The number of ether oxygens (including phenoxy) is 1. The number of piperidine rings is 1. The highest BCUT2D eigenvalue weighted by Gasteiger charge is 2.30. The summed E-state index contributed by atoms with van der Waals surface area (Å²) in [5, 5.41) is 11.6. The number of hydrogen-bond donors (Lipinski definition) is 0. The molecule has 3 saturated heterocycles. The maximum absolute atomic E-state index is 13.1. The minimum absolute atomic E-state index is 0.0400. The van der Waals surface area contributed by atoms with Gasteiger partial charge in [-0.1, -0.05) is 0 Å². The van der Waals surface area contributed by atoms with Crippen LogP contribution in [0.4, 0.5) is 11.4 Å². The number of benzene rings is 1. The van der Waals surface area contributed by atoms with Crippen molar-refractivity contribution in [3.63, 3.8) is 0 Å². The Morgan fingerprint density at radius 2 is 1.74 bits per heavy atom. The van der Waals surface area contributed by atoms with E-state index in [0.717, 1.165) is 58.4 Å². The normalized spacial score (nSPS) is 25.7. The van der Waals surface area contributed by atoms with Crippen molar-refractivity contribution in [2.75, 3.05) is 50.7 Å². The van der Waals surface area contributed by atoms with Crippen molar-refractivity contribution in [2.45, 2.75) is 51.7 Å². The van der Waals surface area contributed by atoms with Gasteiger partial charge in [-0.25, -0.2) is 0 Å². The SMILES string of the molecule is CC1CN(CC2CCN(C(=O)c3ccc(N4CCCC4)c([N+](=O)[O-])c3)CC2)CC(C)O1. The number of likely N-dealkylation sites (tertiary alicyclic amines) is 1. The molecule has 0 bridgehead atoms. The van der Waals surface area contributed by atoms with Gasteiger partial charge in [0, 0.05) is 57.4 Å². The molecule has 0 aliphatic carbocycles. The highest BCUT2D eigenvalue weighted by atomic mass is 16.6. The van der Waals surface area contributed by atoms with Crippen LogP contribution in [-0.2, 0) is 4.74 Å².